The molecule has 0 spiro atoms. The van der Waals surface area contributed by atoms with Crippen LogP contribution in [-0.4, -0.2) is 116 Å². The molecule has 5 N–H and O–H groups in total. The molecule has 1 amide bonds. The Morgan fingerprint density at radius 1 is 0.904 bits per heavy atom. The highest BCUT2D eigenvalue weighted by Crippen LogP contribution is 2.53. The van der Waals surface area contributed by atoms with Gasteiger partial charge in [0.25, 0.3) is 0 Å². The summed E-state index contributed by atoms with van der Waals surface area (Å²) in [6, 6.07) is 14.0. The highest BCUT2D eigenvalue weighted by molar-refractivity contribution is 6.34. The van der Waals surface area contributed by atoms with Gasteiger partial charge in [-0.1, -0.05) is 41.4 Å². The molecule has 6 rings (SSSR count). The van der Waals surface area contributed by atoms with Crippen molar-refractivity contribution in [1.29, 1.82) is 0 Å². The van der Waals surface area contributed by atoms with E-state index in [0.717, 1.165) is 65.7 Å². The molecule has 1 saturated heterocycles. The van der Waals surface area contributed by atoms with Gasteiger partial charge in [0.05, 0.1) is 31.0 Å². The number of ether oxygens (including phenoxy) is 2. The summed E-state index contributed by atoms with van der Waals surface area (Å²) in [6.45, 7) is 1.64. The van der Waals surface area contributed by atoms with Crippen molar-refractivity contribution in [2.24, 2.45) is 0 Å². The number of nitrogens with zero attached hydrogens (tertiary/aromatic N) is 3. The first-order valence-corrected chi connectivity index (χ1v) is 19.0. The largest absolute Gasteiger partial charge is 0.490 e. The summed E-state index contributed by atoms with van der Waals surface area (Å²) in [6.07, 6.45) is 4.37. The van der Waals surface area contributed by atoms with Gasteiger partial charge in [-0.25, -0.2) is 0 Å². The molecule has 2 saturated carbocycles. The molecule has 3 fully saturated rings. The molecule has 13 heteroatoms. The van der Waals surface area contributed by atoms with Gasteiger partial charge in [-0.05, 0) is 85.9 Å². The lowest BCUT2D eigenvalue weighted by Crippen LogP contribution is -2.54. The van der Waals surface area contributed by atoms with Crippen LogP contribution in [0.4, 0.5) is 0 Å². The van der Waals surface area contributed by atoms with Crippen LogP contribution in [0.1, 0.15) is 61.6 Å². The maximum Gasteiger partial charge on any atom is 0.222 e. The SMILES string of the molecule is O=C(CCCCc1cc(Cl)c(COC2(c3cnccc3-c3ccccc3OC3CC3)CC2)cc1Cl)N1CCN(CC(O)C(O)C(O)C(O)CO)CC1. The molecular weight excluding hydrogens is 709 g/mol. The van der Waals surface area contributed by atoms with Crippen molar-refractivity contribution in [2.75, 3.05) is 39.3 Å². The molecule has 0 radical (unpaired) electrons. The lowest BCUT2D eigenvalue weighted by atomic mass is 9.96. The summed E-state index contributed by atoms with van der Waals surface area (Å²) in [5.74, 6) is 0.941. The number of β-amino-alcohol motifs (C(OH)–C–C–N with tert-alkyl or cyclic N) is 1. The summed E-state index contributed by atoms with van der Waals surface area (Å²) < 4.78 is 12.8. The number of unbranched alkanes of at least 4 members (excludes halogenated alkanes) is 1. The van der Waals surface area contributed by atoms with E-state index in [0.29, 0.717) is 62.1 Å². The second-order valence-electron chi connectivity index (χ2n) is 14.2. The van der Waals surface area contributed by atoms with E-state index in [-0.39, 0.29) is 18.6 Å². The van der Waals surface area contributed by atoms with Gasteiger partial charge in [0, 0.05) is 72.7 Å². The molecule has 2 aliphatic carbocycles. The van der Waals surface area contributed by atoms with Crippen molar-refractivity contribution in [1.82, 2.24) is 14.8 Å². The number of aliphatic hydroxyl groups excluding tert-OH is 5. The Hall–Kier alpha value is -2.84. The van der Waals surface area contributed by atoms with E-state index in [4.69, 9.17) is 37.8 Å². The van der Waals surface area contributed by atoms with Gasteiger partial charge >= 0.3 is 0 Å². The number of pyridine rings is 1. The van der Waals surface area contributed by atoms with E-state index in [2.05, 4.69) is 11.1 Å². The number of benzene rings is 2. The number of aromatic nitrogens is 1. The van der Waals surface area contributed by atoms with Crippen molar-refractivity contribution >= 4 is 29.1 Å². The van der Waals surface area contributed by atoms with Crippen LogP contribution in [-0.2, 0) is 28.2 Å². The van der Waals surface area contributed by atoms with E-state index >= 15 is 0 Å². The van der Waals surface area contributed by atoms with Gasteiger partial charge in [0.15, 0.2) is 0 Å². The van der Waals surface area contributed by atoms with Crippen molar-refractivity contribution in [3.63, 3.8) is 0 Å². The number of aliphatic hydroxyl groups is 5. The van der Waals surface area contributed by atoms with Gasteiger partial charge < -0.3 is 39.9 Å². The van der Waals surface area contributed by atoms with Gasteiger partial charge in [-0.2, -0.15) is 0 Å². The van der Waals surface area contributed by atoms with Gasteiger partial charge in [-0.15, -0.1) is 0 Å². The van der Waals surface area contributed by atoms with Crippen molar-refractivity contribution in [3.8, 4) is 16.9 Å². The average molecular weight is 759 g/mol. The van der Waals surface area contributed by atoms with E-state index in [9.17, 15) is 25.2 Å². The molecule has 0 bridgehead atoms. The minimum absolute atomic E-state index is 0.0584. The van der Waals surface area contributed by atoms with Crippen molar-refractivity contribution < 1.29 is 39.8 Å². The molecule has 4 unspecified atom stereocenters. The Kier molecular flexibility index (Phi) is 13.1. The van der Waals surface area contributed by atoms with Gasteiger partial charge in [0.1, 0.15) is 24.1 Å². The molecule has 4 atom stereocenters. The number of carbonyl (C=O) groups is 1. The molecular formula is C39H49Cl2N3O8. The first-order valence-electron chi connectivity index (χ1n) is 18.2. The third-order valence-corrected chi connectivity index (χ3v) is 11.0. The van der Waals surface area contributed by atoms with E-state index in [1.165, 1.54) is 0 Å². The fourth-order valence-corrected chi connectivity index (χ4v) is 7.29. The number of aryl methyl sites for hydroxylation is 1. The van der Waals surface area contributed by atoms with Crippen LogP contribution in [0.3, 0.4) is 0 Å². The number of amides is 1. The highest BCUT2D eigenvalue weighted by Gasteiger charge is 2.48. The maximum atomic E-state index is 12.9. The zero-order valence-electron chi connectivity index (χ0n) is 29.2. The zero-order valence-corrected chi connectivity index (χ0v) is 30.8. The van der Waals surface area contributed by atoms with E-state index < -0.39 is 36.6 Å². The molecule has 11 nitrogen and oxygen atoms in total. The highest BCUT2D eigenvalue weighted by atomic mass is 35.5. The predicted molar refractivity (Wildman–Crippen MR) is 197 cm³/mol. The Morgan fingerprint density at radius 3 is 2.31 bits per heavy atom. The minimum atomic E-state index is -1.66. The number of piperazine rings is 1. The average Bonchev–Trinajstić information content (AvgIpc) is 4.11. The van der Waals surface area contributed by atoms with Crippen LogP contribution in [0, 0.1) is 0 Å². The lowest BCUT2D eigenvalue weighted by molar-refractivity contribution is -0.134. The molecule has 282 valence electrons. The second kappa shape index (κ2) is 17.5. The van der Waals surface area contributed by atoms with Crippen molar-refractivity contribution in [3.05, 3.63) is 81.6 Å². The first kappa shape index (κ1) is 38.9. The number of hydrogen-bond acceptors (Lipinski definition) is 10. The number of carbonyl (C=O) groups excluding carboxylic acids is 1. The Balaban J connectivity index is 0.958. The fourth-order valence-electron chi connectivity index (χ4n) is 6.77. The standard InChI is InChI=1S/C39H49Cl2N3O8/c40-31-20-26(24-51-39(12-13-39)30-21-42-14-11-28(30)29-6-2-3-7-35(29)52-27-9-10-27)32(41)19-25(31)5-1-4-8-36(48)44-17-15-43(16-18-44)22-33(46)37(49)38(50)34(47)23-45/h2-3,6-7,11,14,19-21,27,33-34,37-38,45-47,49-50H,1,4-5,8-10,12-13,15-18,22-24H2. The Morgan fingerprint density at radius 2 is 1.60 bits per heavy atom. The first-order chi connectivity index (χ1) is 25.1. The molecule has 2 heterocycles. The maximum absolute atomic E-state index is 12.9. The van der Waals surface area contributed by atoms with Crippen LogP contribution in [0.5, 0.6) is 5.75 Å². The molecule has 52 heavy (non-hydrogen) atoms. The summed E-state index contributed by atoms with van der Waals surface area (Å²) in [5.41, 5.74) is 4.44. The monoisotopic (exact) mass is 757 g/mol. The normalized spacial score (nSPS) is 19.6. The van der Waals surface area contributed by atoms with Gasteiger partial charge in [-0.3, -0.25) is 14.7 Å². The fraction of sp³-hybridized carbons (Fsp3) is 0.538. The van der Waals surface area contributed by atoms with Crippen LogP contribution in [0.25, 0.3) is 11.1 Å². The van der Waals surface area contributed by atoms with Crippen molar-refractivity contribution in [2.45, 2.75) is 94.1 Å². The predicted octanol–water partition coefficient (Wildman–Crippen LogP) is 4.10. The smallest absolute Gasteiger partial charge is 0.222 e. The second-order valence-corrected chi connectivity index (χ2v) is 15.1. The molecule has 1 aromatic heterocycles. The molecule has 2 aromatic carbocycles. The number of halogens is 2. The number of hydrogen-bond donors (Lipinski definition) is 5. The Bertz CT molecular complexity index is 1660. The molecule has 3 aromatic rings. The van der Waals surface area contributed by atoms with E-state index in [1.807, 2.05) is 53.7 Å². The summed E-state index contributed by atoms with van der Waals surface area (Å²) in [5, 5.41) is 49.9. The zero-order chi connectivity index (χ0) is 36.8. The van der Waals surface area contributed by atoms with Gasteiger partial charge in [0.2, 0.25) is 5.91 Å². The Labute approximate surface area is 314 Å². The van der Waals surface area contributed by atoms with Crippen LogP contribution < -0.4 is 4.74 Å². The minimum Gasteiger partial charge on any atom is -0.490 e. The topological polar surface area (TPSA) is 156 Å². The van der Waals surface area contributed by atoms with Crippen LogP contribution in [0.2, 0.25) is 10.0 Å². The summed E-state index contributed by atoms with van der Waals surface area (Å²) in [4.78, 5) is 21.0. The molecule has 1 aliphatic heterocycles. The third-order valence-electron chi connectivity index (χ3n) is 10.3. The van der Waals surface area contributed by atoms with Crippen LogP contribution in [0.15, 0.2) is 54.9 Å². The number of para-hydroxylation sites is 1. The number of rotatable bonds is 18. The van der Waals surface area contributed by atoms with Crippen LogP contribution >= 0.6 is 23.2 Å². The van der Waals surface area contributed by atoms with E-state index in [1.54, 1.807) is 4.90 Å². The third kappa shape index (κ3) is 9.63. The summed E-state index contributed by atoms with van der Waals surface area (Å²) >= 11 is 13.5. The lowest BCUT2D eigenvalue weighted by Gasteiger charge is -2.37. The summed E-state index contributed by atoms with van der Waals surface area (Å²) in [7, 11) is 0. The quantitative estimate of drug-likeness (QED) is 0.120. The molecule has 3 aliphatic rings.